The van der Waals surface area contributed by atoms with E-state index in [1.165, 1.54) is 23.3 Å². The SMILES string of the molecule is CCNC(CSCCC(C)C)c1ccc(C(C)(C)C)cc1. The molecule has 2 heteroatoms. The topological polar surface area (TPSA) is 12.0 Å². The van der Waals surface area contributed by atoms with Crippen molar-refractivity contribution in [3.05, 3.63) is 35.4 Å². The standard InChI is InChI=1S/C19H33NS/c1-7-20-18(14-21-13-12-15(2)3)16-8-10-17(11-9-16)19(4,5)6/h8-11,15,18,20H,7,12-14H2,1-6H3. The first-order valence-electron chi connectivity index (χ1n) is 8.26. The van der Waals surface area contributed by atoms with Crippen molar-refractivity contribution in [1.82, 2.24) is 5.32 Å². The van der Waals surface area contributed by atoms with Gasteiger partial charge in [0.2, 0.25) is 0 Å². The first-order chi connectivity index (χ1) is 9.84. The molecular weight excluding hydrogens is 274 g/mol. The molecule has 0 amide bonds. The van der Waals surface area contributed by atoms with E-state index in [-0.39, 0.29) is 5.41 Å². The van der Waals surface area contributed by atoms with Crippen molar-refractivity contribution >= 4 is 11.8 Å². The lowest BCUT2D eigenvalue weighted by Gasteiger charge is -2.22. The van der Waals surface area contributed by atoms with Gasteiger partial charge in [0.25, 0.3) is 0 Å². The zero-order valence-corrected chi connectivity index (χ0v) is 15.5. The maximum Gasteiger partial charge on any atom is 0.0411 e. The zero-order valence-electron chi connectivity index (χ0n) is 14.7. The highest BCUT2D eigenvalue weighted by Gasteiger charge is 2.15. The Labute approximate surface area is 136 Å². The molecule has 1 nitrogen and oxygen atoms in total. The van der Waals surface area contributed by atoms with Gasteiger partial charge in [-0.05, 0) is 41.2 Å². The van der Waals surface area contributed by atoms with E-state index in [4.69, 9.17) is 0 Å². The quantitative estimate of drug-likeness (QED) is 0.644. The lowest BCUT2D eigenvalue weighted by molar-refractivity contribution is 0.584. The maximum absolute atomic E-state index is 3.62. The lowest BCUT2D eigenvalue weighted by atomic mass is 9.86. The summed E-state index contributed by atoms with van der Waals surface area (Å²) in [6.45, 7) is 14.6. The molecule has 0 aliphatic rings. The molecule has 21 heavy (non-hydrogen) atoms. The van der Waals surface area contributed by atoms with Crippen molar-refractivity contribution in [1.29, 1.82) is 0 Å². The number of benzene rings is 1. The normalized spacial score (nSPS) is 13.7. The Bertz CT molecular complexity index is 389. The van der Waals surface area contributed by atoms with Crippen molar-refractivity contribution in [3.63, 3.8) is 0 Å². The molecule has 1 aromatic carbocycles. The van der Waals surface area contributed by atoms with Crippen LogP contribution in [0.2, 0.25) is 0 Å². The second kappa shape index (κ2) is 8.85. The van der Waals surface area contributed by atoms with E-state index in [1.54, 1.807) is 0 Å². The Hall–Kier alpha value is -0.470. The van der Waals surface area contributed by atoms with E-state index in [0.717, 1.165) is 18.2 Å². The molecule has 1 aromatic rings. The van der Waals surface area contributed by atoms with E-state index < -0.39 is 0 Å². The minimum absolute atomic E-state index is 0.234. The first-order valence-corrected chi connectivity index (χ1v) is 9.41. The molecule has 1 atom stereocenters. The fourth-order valence-electron chi connectivity index (χ4n) is 2.26. The van der Waals surface area contributed by atoms with Crippen LogP contribution in [0.4, 0.5) is 0 Å². The third-order valence-corrected chi connectivity index (χ3v) is 4.85. The molecule has 0 saturated heterocycles. The van der Waals surface area contributed by atoms with Gasteiger partial charge in [0.05, 0.1) is 0 Å². The Morgan fingerprint density at radius 2 is 1.71 bits per heavy atom. The smallest absolute Gasteiger partial charge is 0.0411 e. The van der Waals surface area contributed by atoms with Crippen LogP contribution in [-0.4, -0.2) is 18.1 Å². The average molecular weight is 308 g/mol. The van der Waals surface area contributed by atoms with Crippen LogP contribution in [-0.2, 0) is 5.41 Å². The van der Waals surface area contributed by atoms with Crippen molar-refractivity contribution in [2.45, 2.75) is 59.4 Å². The van der Waals surface area contributed by atoms with Crippen LogP contribution in [0.25, 0.3) is 0 Å². The van der Waals surface area contributed by atoms with Crippen molar-refractivity contribution < 1.29 is 0 Å². The number of thioether (sulfide) groups is 1. The minimum Gasteiger partial charge on any atom is -0.310 e. The molecule has 0 saturated carbocycles. The van der Waals surface area contributed by atoms with Gasteiger partial charge in [-0.2, -0.15) is 11.8 Å². The molecule has 0 aromatic heterocycles. The van der Waals surface area contributed by atoms with Crippen LogP contribution in [0, 0.1) is 5.92 Å². The Morgan fingerprint density at radius 1 is 1.10 bits per heavy atom. The molecule has 1 unspecified atom stereocenters. The van der Waals surface area contributed by atoms with Gasteiger partial charge in [0.15, 0.2) is 0 Å². The Balaban J connectivity index is 2.63. The fraction of sp³-hybridized carbons (Fsp3) is 0.684. The first kappa shape index (κ1) is 18.6. The highest BCUT2D eigenvalue weighted by Crippen LogP contribution is 2.25. The second-order valence-electron chi connectivity index (χ2n) is 7.24. The summed E-state index contributed by atoms with van der Waals surface area (Å²) in [6, 6.07) is 9.66. The summed E-state index contributed by atoms with van der Waals surface area (Å²) in [7, 11) is 0. The second-order valence-corrected chi connectivity index (χ2v) is 8.39. The highest BCUT2D eigenvalue weighted by atomic mass is 32.2. The molecule has 1 rings (SSSR count). The van der Waals surface area contributed by atoms with Crippen LogP contribution < -0.4 is 5.32 Å². The van der Waals surface area contributed by atoms with Crippen LogP contribution in [0.5, 0.6) is 0 Å². The van der Waals surface area contributed by atoms with Crippen LogP contribution in [0.1, 0.15) is 65.1 Å². The molecule has 0 spiro atoms. The molecule has 0 bridgehead atoms. The summed E-state index contributed by atoms with van der Waals surface area (Å²) >= 11 is 2.07. The summed E-state index contributed by atoms with van der Waals surface area (Å²) in [5, 5.41) is 3.62. The Kier molecular flexibility index (Phi) is 7.83. The number of rotatable bonds is 8. The molecule has 0 fully saturated rings. The molecular formula is C19H33NS. The predicted octanol–water partition coefficient (Wildman–Crippen LogP) is 5.41. The van der Waals surface area contributed by atoms with E-state index in [9.17, 15) is 0 Å². The van der Waals surface area contributed by atoms with Gasteiger partial charge < -0.3 is 5.32 Å². The minimum atomic E-state index is 0.234. The van der Waals surface area contributed by atoms with Gasteiger partial charge in [0, 0.05) is 11.8 Å². The fourth-order valence-corrected chi connectivity index (χ4v) is 3.61. The van der Waals surface area contributed by atoms with Gasteiger partial charge in [-0.3, -0.25) is 0 Å². The van der Waals surface area contributed by atoms with E-state index in [2.05, 4.69) is 82.9 Å². The monoisotopic (exact) mass is 307 g/mol. The number of hydrogen-bond acceptors (Lipinski definition) is 2. The largest absolute Gasteiger partial charge is 0.310 e. The van der Waals surface area contributed by atoms with Gasteiger partial charge >= 0.3 is 0 Å². The third-order valence-electron chi connectivity index (χ3n) is 3.75. The molecule has 0 radical (unpaired) electrons. The zero-order chi connectivity index (χ0) is 15.9. The molecule has 1 N–H and O–H groups in total. The summed E-state index contributed by atoms with van der Waals surface area (Å²) < 4.78 is 0. The lowest BCUT2D eigenvalue weighted by Crippen LogP contribution is -2.23. The van der Waals surface area contributed by atoms with Gasteiger partial charge in [-0.15, -0.1) is 0 Å². The maximum atomic E-state index is 3.62. The summed E-state index contributed by atoms with van der Waals surface area (Å²) in [6.07, 6.45) is 1.31. The Morgan fingerprint density at radius 3 is 2.19 bits per heavy atom. The van der Waals surface area contributed by atoms with Gasteiger partial charge in [0.1, 0.15) is 0 Å². The van der Waals surface area contributed by atoms with Crippen molar-refractivity contribution in [2.24, 2.45) is 5.92 Å². The summed E-state index contributed by atoms with van der Waals surface area (Å²) in [5.41, 5.74) is 3.06. The number of hydrogen-bond donors (Lipinski definition) is 1. The van der Waals surface area contributed by atoms with E-state index in [0.29, 0.717) is 6.04 Å². The number of nitrogens with one attached hydrogen (secondary N) is 1. The predicted molar refractivity (Wildman–Crippen MR) is 98.3 cm³/mol. The van der Waals surface area contributed by atoms with Crippen LogP contribution >= 0.6 is 11.8 Å². The molecule has 120 valence electrons. The highest BCUT2D eigenvalue weighted by molar-refractivity contribution is 7.99. The molecule has 0 aliphatic carbocycles. The van der Waals surface area contributed by atoms with Crippen LogP contribution in [0.15, 0.2) is 24.3 Å². The van der Waals surface area contributed by atoms with Crippen LogP contribution in [0.3, 0.4) is 0 Å². The van der Waals surface area contributed by atoms with Crippen molar-refractivity contribution in [3.8, 4) is 0 Å². The average Bonchev–Trinajstić information content (AvgIpc) is 2.41. The van der Waals surface area contributed by atoms with Gasteiger partial charge in [-0.1, -0.05) is 65.8 Å². The van der Waals surface area contributed by atoms with Crippen molar-refractivity contribution in [2.75, 3.05) is 18.1 Å². The summed E-state index contributed by atoms with van der Waals surface area (Å²) in [4.78, 5) is 0. The molecule has 0 heterocycles. The van der Waals surface area contributed by atoms with E-state index in [1.807, 2.05) is 0 Å². The summed E-state index contributed by atoms with van der Waals surface area (Å²) in [5.74, 6) is 3.23. The van der Waals surface area contributed by atoms with E-state index >= 15 is 0 Å². The molecule has 0 aliphatic heterocycles. The third kappa shape index (κ3) is 6.88. The van der Waals surface area contributed by atoms with Gasteiger partial charge in [-0.25, -0.2) is 0 Å².